The number of aromatic carboxylic acids is 1. The van der Waals surface area contributed by atoms with E-state index in [9.17, 15) is 4.79 Å². The SMILES string of the molecule is Cc1ccccc1-c1nn(-c2ccc(C(=O)O)cc2)c2c1CCCCN2. The summed E-state index contributed by atoms with van der Waals surface area (Å²) in [6.45, 7) is 3.02. The third-order valence-electron chi connectivity index (χ3n) is 4.89. The molecule has 1 aliphatic rings. The Kier molecular flexibility index (Phi) is 4.21. The van der Waals surface area contributed by atoms with E-state index in [0.29, 0.717) is 0 Å². The van der Waals surface area contributed by atoms with E-state index >= 15 is 0 Å². The molecule has 5 nitrogen and oxygen atoms in total. The minimum absolute atomic E-state index is 0.277. The Hall–Kier alpha value is -3.08. The molecule has 2 N–H and O–H groups in total. The average molecular weight is 347 g/mol. The summed E-state index contributed by atoms with van der Waals surface area (Å²) in [5.74, 6) is 0.0957. The van der Waals surface area contributed by atoms with Gasteiger partial charge in [0.25, 0.3) is 0 Å². The number of carbonyl (C=O) groups is 1. The van der Waals surface area contributed by atoms with Crippen molar-refractivity contribution in [3.05, 3.63) is 65.2 Å². The van der Waals surface area contributed by atoms with Gasteiger partial charge in [-0.25, -0.2) is 9.48 Å². The summed E-state index contributed by atoms with van der Waals surface area (Å²) in [7, 11) is 0. The number of anilines is 1. The van der Waals surface area contributed by atoms with E-state index in [2.05, 4.69) is 24.4 Å². The number of carboxylic acid groups (broad SMARTS) is 1. The first-order valence-electron chi connectivity index (χ1n) is 8.90. The fraction of sp³-hybridized carbons (Fsp3) is 0.238. The first-order valence-corrected chi connectivity index (χ1v) is 8.90. The van der Waals surface area contributed by atoms with E-state index in [1.807, 2.05) is 28.9 Å². The number of aryl methyl sites for hydroxylation is 1. The predicted octanol–water partition coefficient (Wildman–Crippen LogP) is 4.29. The topological polar surface area (TPSA) is 67.2 Å². The zero-order valence-corrected chi connectivity index (χ0v) is 14.7. The molecule has 0 fully saturated rings. The zero-order chi connectivity index (χ0) is 18.1. The maximum atomic E-state index is 11.1. The van der Waals surface area contributed by atoms with Crippen molar-refractivity contribution in [1.29, 1.82) is 0 Å². The molecule has 0 saturated carbocycles. The van der Waals surface area contributed by atoms with Crippen LogP contribution >= 0.6 is 0 Å². The molecule has 0 bridgehead atoms. The van der Waals surface area contributed by atoms with Crippen molar-refractivity contribution in [2.24, 2.45) is 0 Å². The fourth-order valence-corrected chi connectivity index (χ4v) is 3.49. The number of hydrogen-bond donors (Lipinski definition) is 2. The zero-order valence-electron chi connectivity index (χ0n) is 14.7. The maximum Gasteiger partial charge on any atom is 0.335 e. The van der Waals surface area contributed by atoms with Crippen LogP contribution in [0.25, 0.3) is 16.9 Å². The number of nitrogens with one attached hydrogen (secondary N) is 1. The molecule has 2 aromatic carbocycles. The molecule has 132 valence electrons. The van der Waals surface area contributed by atoms with Crippen LogP contribution in [-0.2, 0) is 6.42 Å². The van der Waals surface area contributed by atoms with E-state index in [4.69, 9.17) is 10.2 Å². The largest absolute Gasteiger partial charge is 0.478 e. The van der Waals surface area contributed by atoms with Crippen molar-refractivity contribution in [1.82, 2.24) is 9.78 Å². The summed E-state index contributed by atoms with van der Waals surface area (Å²) in [6.07, 6.45) is 3.24. The second-order valence-corrected chi connectivity index (χ2v) is 6.64. The van der Waals surface area contributed by atoms with Crippen LogP contribution in [0.15, 0.2) is 48.5 Å². The van der Waals surface area contributed by atoms with E-state index in [1.165, 1.54) is 11.1 Å². The monoisotopic (exact) mass is 347 g/mol. The molecule has 0 radical (unpaired) electrons. The van der Waals surface area contributed by atoms with Gasteiger partial charge in [0.05, 0.1) is 16.9 Å². The molecule has 5 heteroatoms. The normalized spacial score (nSPS) is 13.6. The van der Waals surface area contributed by atoms with Crippen molar-refractivity contribution >= 4 is 11.8 Å². The minimum Gasteiger partial charge on any atom is -0.478 e. The molecule has 4 rings (SSSR count). The molecule has 2 heterocycles. The molecule has 0 saturated heterocycles. The molecule has 0 amide bonds. The highest BCUT2D eigenvalue weighted by Crippen LogP contribution is 2.35. The van der Waals surface area contributed by atoms with Crippen molar-refractivity contribution in [2.45, 2.75) is 26.2 Å². The lowest BCUT2D eigenvalue weighted by molar-refractivity contribution is 0.0697. The van der Waals surface area contributed by atoms with Crippen molar-refractivity contribution in [2.75, 3.05) is 11.9 Å². The molecule has 0 spiro atoms. The van der Waals surface area contributed by atoms with E-state index in [-0.39, 0.29) is 5.56 Å². The van der Waals surface area contributed by atoms with Crippen LogP contribution in [0.1, 0.15) is 34.3 Å². The van der Waals surface area contributed by atoms with E-state index in [1.54, 1.807) is 12.1 Å². The van der Waals surface area contributed by atoms with Gasteiger partial charge in [-0.1, -0.05) is 24.3 Å². The highest BCUT2D eigenvalue weighted by Gasteiger charge is 2.22. The molecule has 0 unspecified atom stereocenters. The van der Waals surface area contributed by atoms with Crippen LogP contribution in [0.4, 0.5) is 5.82 Å². The van der Waals surface area contributed by atoms with Crippen LogP contribution in [0, 0.1) is 6.92 Å². The van der Waals surface area contributed by atoms with Gasteiger partial charge in [-0.3, -0.25) is 0 Å². The van der Waals surface area contributed by atoms with Gasteiger partial charge in [-0.15, -0.1) is 0 Å². The standard InChI is InChI=1S/C21H21N3O2/c1-14-6-2-3-7-17(14)19-18-8-4-5-13-22-20(18)24(23-19)16-11-9-15(10-12-16)21(25)26/h2-3,6-7,9-12,22H,4-5,8,13H2,1H3,(H,25,26). The lowest BCUT2D eigenvalue weighted by Gasteiger charge is -2.09. The third-order valence-corrected chi connectivity index (χ3v) is 4.89. The summed E-state index contributed by atoms with van der Waals surface area (Å²) in [5, 5.41) is 17.6. The molecule has 0 aliphatic carbocycles. The number of rotatable bonds is 3. The van der Waals surface area contributed by atoms with Gasteiger partial charge in [0, 0.05) is 17.7 Å². The average Bonchev–Trinajstić information content (AvgIpc) is 2.83. The van der Waals surface area contributed by atoms with Crippen LogP contribution < -0.4 is 5.32 Å². The number of hydrogen-bond acceptors (Lipinski definition) is 3. The first kappa shape index (κ1) is 16.4. The van der Waals surface area contributed by atoms with Gasteiger partial charge < -0.3 is 10.4 Å². The molecule has 0 atom stereocenters. The lowest BCUT2D eigenvalue weighted by Crippen LogP contribution is -2.07. The van der Waals surface area contributed by atoms with Crippen LogP contribution in [-0.4, -0.2) is 27.4 Å². The molecule has 3 aromatic rings. The second kappa shape index (κ2) is 6.67. The summed E-state index contributed by atoms with van der Waals surface area (Å²) >= 11 is 0. The van der Waals surface area contributed by atoms with E-state index < -0.39 is 5.97 Å². The number of aromatic nitrogens is 2. The summed E-state index contributed by atoms with van der Waals surface area (Å²) in [5.41, 5.74) is 5.73. The fourth-order valence-electron chi connectivity index (χ4n) is 3.49. The van der Waals surface area contributed by atoms with Crippen molar-refractivity contribution < 1.29 is 9.90 Å². The third kappa shape index (κ3) is 2.86. The van der Waals surface area contributed by atoms with Gasteiger partial charge >= 0.3 is 5.97 Å². The van der Waals surface area contributed by atoms with Crippen LogP contribution in [0.3, 0.4) is 0 Å². The number of fused-ring (bicyclic) bond motifs is 1. The minimum atomic E-state index is -0.922. The highest BCUT2D eigenvalue weighted by molar-refractivity contribution is 5.87. The first-order chi connectivity index (χ1) is 12.6. The van der Waals surface area contributed by atoms with Crippen LogP contribution in [0.5, 0.6) is 0 Å². The summed E-state index contributed by atoms with van der Waals surface area (Å²) in [4.78, 5) is 11.1. The van der Waals surface area contributed by atoms with E-state index in [0.717, 1.165) is 48.6 Å². The van der Waals surface area contributed by atoms with Crippen LogP contribution in [0.2, 0.25) is 0 Å². The van der Waals surface area contributed by atoms with Gasteiger partial charge in [0.2, 0.25) is 0 Å². The van der Waals surface area contributed by atoms with Gasteiger partial charge in [0.1, 0.15) is 5.82 Å². The Morgan fingerprint density at radius 1 is 1.12 bits per heavy atom. The lowest BCUT2D eigenvalue weighted by atomic mass is 10.00. The second-order valence-electron chi connectivity index (χ2n) is 6.64. The van der Waals surface area contributed by atoms with Crippen molar-refractivity contribution in [3.8, 4) is 16.9 Å². The summed E-state index contributed by atoms with van der Waals surface area (Å²) in [6, 6.07) is 15.2. The Labute approximate surface area is 152 Å². The maximum absolute atomic E-state index is 11.1. The highest BCUT2D eigenvalue weighted by atomic mass is 16.4. The smallest absolute Gasteiger partial charge is 0.335 e. The van der Waals surface area contributed by atoms with Gasteiger partial charge in [0.15, 0.2) is 0 Å². The number of benzene rings is 2. The van der Waals surface area contributed by atoms with Gasteiger partial charge in [-0.05, 0) is 56.0 Å². The Morgan fingerprint density at radius 3 is 2.62 bits per heavy atom. The van der Waals surface area contributed by atoms with Crippen molar-refractivity contribution in [3.63, 3.8) is 0 Å². The Bertz CT molecular complexity index is 958. The number of carboxylic acids is 1. The molecular formula is C21H21N3O2. The molecule has 1 aliphatic heterocycles. The van der Waals surface area contributed by atoms with Gasteiger partial charge in [-0.2, -0.15) is 5.10 Å². The summed E-state index contributed by atoms with van der Waals surface area (Å²) < 4.78 is 1.91. The molecule has 26 heavy (non-hydrogen) atoms. The predicted molar refractivity (Wildman–Crippen MR) is 102 cm³/mol. The number of nitrogens with zero attached hydrogens (tertiary/aromatic N) is 2. The molecular weight excluding hydrogens is 326 g/mol. The Morgan fingerprint density at radius 2 is 1.88 bits per heavy atom. The quantitative estimate of drug-likeness (QED) is 0.741. The molecule has 1 aromatic heterocycles. The Balaban J connectivity index is 1.87.